The number of nitrogens with zero attached hydrogens (tertiary/aromatic N) is 1. The van der Waals surface area contributed by atoms with Crippen LogP contribution >= 0.6 is 23.2 Å². The lowest BCUT2D eigenvalue weighted by Gasteiger charge is -2.18. The third-order valence-corrected chi connectivity index (χ3v) is 5.84. The van der Waals surface area contributed by atoms with Crippen molar-refractivity contribution in [3.05, 3.63) is 52.5 Å². The van der Waals surface area contributed by atoms with Gasteiger partial charge in [-0.1, -0.05) is 23.2 Å². The summed E-state index contributed by atoms with van der Waals surface area (Å²) in [6, 6.07) is 10.8. The number of anilines is 1. The summed E-state index contributed by atoms with van der Waals surface area (Å²) in [7, 11) is -1.13. The average Bonchev–Trinajstić information content (AvgIpc) is 2.57. The highest BCUT2D eigenvalue weighted by molar-refractivity contribution is 7.89. The Kier molecular flexibility index (Phi) is 6.29. The van der Waals surface area contributed by atoms with Crippen molar-refractivity contribution >= 4 is 44.8 Å². The van der Waals surface area contributed by atoms with Gasteiger partial charge in [0.25, 0.3) is 0 Å². The smallest absolute Gasteiger partial charge is 0.244 e. The lowest BCUT2D eigenvalue weighted by Crippen LogP contribution is -2.35. The van der Waals surface area contributed by atoms with Crippen LogP contribution in [0.3, 0.4) is 0 Å². The van der Waals surface area contributed by atoms with E-state index >= 15 is 0 Å². The Morgan fingerprint density at radius 1 is 1.16 bits per heavy atom. The highest BCUT2D eigenvalue weighted by Crippen LogP contribution is 2.27. The number of carbonyl (C=O) groups is 1. The molecule has 0 aliphatic carbocycles. The molecule has 1 N–H and O–H groups in total. The summed E-state index contributed by atoms with van der Waals surface area (Å²) in [4.78, 5) is 11.9. The van der Waals surface area contributed by atoms with Gasteiger partial charge in [0.15, 0.2) is 0 Å². The molecule has 25 heavy (non-hydrogen) atoms. The molecule has 0 aliphatic rings. The molecule has 0 bridgehead atoms. The van der Waals surface area contributed by atoms with Gasteiger partial charge in [-0.15, -0.1) is 0 Å². The Bertz CT molecular complexity index is 870. The number of halogens is 2. The average molecular weight is 403 g/mol. The van der Waals surface area contributed by atoms with Crippen molar-refractivity contribution < 1.29 is 17.9 Å². The molecular formula is C16H16Cl2N2O4S. The van der Waals surface area contributed by atoms with Crippen LogP contribution in [-0.4, -0.2) is 39.3 Å². The van der Waals surface area contributed by atoms with Crippen molar-refractivity contribution in [1.29, 1.82) is 0 Å². The second-order valence-corrected chi connectivity index (χ2v) is 7.97. The fraction of sp³-hybridized carbons (Fsp3) is 0.188. The van der Waals surface area contributed by atoms with Gasteiger partial charge in [0.2, 0.25) is 15.9 Å². The Balaban J connectivity index is 2.10. The van der Waals surface area contributed by atoms with E-state index in [2.05, 4.69) is 5.32 Å². The number of benzene rings is 2. The van der Waals surface area contributed by atoms with Crippen LogP contribution in [0.15, 0.2) is 47.4 Å². The van der Waals surface area contributed by atoms with Crippen molar-refractivity contribution in [2.45, 2.75) is 4.90 Å². The lowest BCUT2D eigenvalue weighted by atomic mass is 10.3. The number of ether oxygens (including phenoxy) is 1. The van der Waals surface area contributed by atoms with E-state index in [9.17, 15) is 13.2 Å². The predicted octanol–water partition coefficient (Wildman–Crippen LogP) is 3.26. The molecule has 9 heteroatoms. The first kappa shape index (κ1) is 19.5. The quantitative estimate of drug-likeness (QED) is 0.804. The first-order valence-corrected chi connectivity index (χ1v) is 9.29. The summed E-state index contributed by atoms with van der Waals surface area (Å²) < 4.78 is 31.1. The highest BCUT2D eigenvalue weighted by atomic mass is 35.5. The molecule has 0 atom stereocenters. The Morgan fingerprint density at radius 2 is 1.80 bits per heavy atom. The molecule has 2 aromatic carbocycles. The third kappa shape index (κ3) is 4.85. The minimum atomic E-state index is -3.95. The number of sulfonamides is 1. The molecule has 0 heterocycles. The van der Waals surface area contributed by atoms with Crippen LogP contribution in [0.2, 0.25) is 10.0 Å². The number of hydrogen-bond donors (Lipinski definition) is 1. The molecule has 2 rings (SSSR count). The molecule has 0 aliphatic heterocycles. The van der Waals surface area contributed by atoms with Crippen molar-refractivity contribution in [3.8, 4) is 5.75 Å². The molecule has 0 saturated heterocycles. The Hall–Kier alpha value is -1.80. The van der Waals surface area contributed by atoms with E-state index in [1.807, 2.05) is 0 Å². The first-order chi connectivity index (χ1) is 11.7. The third-order valence-electron chi connectivity index (χ3n) is 3.32. The van der Waals surface area contributed by atoms with Gasteiger partial charge in [0.1, 0.15) is 10.6 Å². The van der Waals surface area contributed by atoms with E-state index in [-0.39, 0.29) is 21.5 Å². The van der Waals surface area contributed by atoms with Crippen LogP contribution in [0, 0.1) is 0 Å². The molecular weight excluding hydrogens is 387 g/mol. The predicted molar refractivity (Wildman–Crippen MR) is 97.9 cm³/mol. The summed E-state index contributed by atoms with van der Waals surface area (Å²) in [5.74, 6) is 0.155. The van der Waals surface area contributed by atoms with E-state index in [4.69, 9.17) is 27.9 Å². The zero-order chi connectivity index (χ0) is 18.6. The fourth-order valence-corrected chi connectivity index (χ4v) is 3.87. The normalized spacial score (nSPS) is 11.4. The van der Waals surface area contributed by atoms with Crippen LogP contribution in [0.1, 0.15) is 0 Å². The van der Waals surface area contributed by atoms with Crippen molar-refractivity contribution in [1.82, 2.24) is 4.31 Å². The van der Waals surface area contributed by atoms with E-state index < -0.39 is 15.9 Å². The van der Waals surface area contributed by atoms with Crippen LogP contribution in [-0.2, 0) is 14.8 Å². The summed E-state index contributed by atoms with van der Waals surface area (Å²) in [5.41, 5.74) is 0.525. The minimum Gasteiger partial charge on any atom is -0.497 e. The molecule has 0 spiro atoms. The maximum absolute atomic E-state index is 12.6. The summed E-state index contributed by atoms with van der Waals surface area (Å²) >= 11 is 11.8. The van der Waals surface area contributed by atoms with Crippen LogP contribution in [0.4, 0.5) is 5.69 Å². The molecule has 134 valence electrons. The standard InChI is InChI=1S/C16H16Cl2N2O4S/c1-20(25(22,23)15-9-11(17)3-8-14(15)18)10-16(21)19-12-4-6-13(24-2)7-5-12/h3-9H,10H2,1-2H3,(H,19,21). The summed E-state index contributed by atoms with van der Waals surface area (Å²) in [6.07, 6.45) is 0. The lowest BCUT2D eigenvalue weighted by molar-refractivity contribution is -0.116. The maximum atomic E-state index is 12.6. The molecule has 0 unspecified atom stereocenters. The Morgan fingerprint density at radius 3 is 2.40 bits per heavy atom. The number of likely N-dealkylation sites (N-methyl/N-ethyl adjacent to an activating group) is 1. The molecule has 0 fully saturated rings. The first-order valence-electron chi connectivity index (χ1n) is 7.09. The van der Waals surface area contributed by atoms with Crippen molar-refractivity contribution in [2.24, 2.45) is 0 Å². The van der Waals surface area contributed by atoms with Gasteiger partial charge in [0.05, 0.1) is 18.7 Å². The van der Waals surface area contributed by atoms with Gasteiger partial charge in [0, 0.05) is 17.8 Å². The molecule has 0 saturated carbocycles. The molecule has 6 nitrogen and oxygen atoms in total. The van der Waals surface area contributed by atoms with Crippen molar-refractivity contribution in [3.63, 3.8) is 0 Å². The summed E-state index contributed by atoms with van der Waals surface area (Å²) in [5, 5.41) is 2.88. The Labute approximate surface area is 156 Å². The van der Waals surface area contributed by atoms with Crippen LogP contribution < -0.4 is 10.1 Å². The van der Waals surface area contributed by atoms with Gasteiger partial charge in [-0.2, -0.15) is 4.31 Å². The minimum absolute atomic E-state index is 0.0341. The second-order valence-electron chi connectivity index (χ2n) is 5.11. The largest absolute Gasteiger partial charge is 0.497 e. The van der Waals surface area contributed by atoms with Crippen LogP contribution in [0.5, 0.6) is 5.75 Å². The maximum Gasteiger partial charge on any atom is 0.244 e. The van der Waals surface area contributed by atoms with Gasteiger partial charge in [-0.3, -0.25) is 4.79 Å². The van der Waals surface area contributed by atoms with Crippen LogP contribution in [0.25, 0.3) is 0 Å². The van der Waals surface area contributed by atoms with Gasteiger partial charge < -0.3 is 10.1 Å². The summed E-state index contributed by atoms with van der Waals surface area (Å²) in [6.45, 7) is -0.378. The fourth-order valence-electron chi connectivity index (χ4n) is 2.00. The SMILES string of the molecule is COc1ccc(NC(=O)CN(C)S(=O)(=O)c2cc(Cl)ccc2Cl)cc1. The monoisotopic (exact) mass is 402 g/mol. The number of hydrogen-bond acceptors (Lipinski definition) is 4. The van der Waals surface area contributed by atoms with Crippen molar-refractivity contribution in [2.75, 3.05) is 26.0 Å². The molecule has 1 amide bonds. The zero-order valence-corrected chi connectivity index (χ0v) is 15.8. The van der Waals surface area contributed by atoms with E-state index in [0.717, 1.165) is 4.31 Å². The van der Waals surface area contributed by atoms with E-state index in [1.165, 1.54) is 32.4 Å². The van der Waals surface area contributed by atoms with Gasteiger partial charge >= 0.3 is 0 Å². The number of amides is 1. The zero-order valence-electron chi connectivity index (χ0n) is 13.5. The number of rotatable bonds is 6. The molecule has 0 radical (unpaired) electrons. The van der Waals surface area contributed by atoms with E-state index in [1.54, 1.807) is 24.3 Å². The number of nitrogens with one attached hydrogen (secondary N) is 1. The second kappa shape index (κ2) is 8.05. The highest BCUT2D eigenvalue weighted by Gasteiger charge is 2.25. The molecule has 2 aromatic rings. The van der Waals surface area contributed by atoms with Gasteiger partial charge in [-0.05, 0) is 42.5 Å². The topological polar surface area (TPSA) is 75.7 Å². The van der Waals surface area contributed by atoms with E-state index in [0.29, 0.717) is 11.4 Å². The number of carbonyl (C=O) groups excluding carboxylic acids is 1. The number of methoxy groups -OCH3 is 1. The van der Waals surface area contributed by atoms with Gasteiger partial charge in [-0.25, -0.2) is 8.42 Å². The molecule has 0 aromatic heterocycles.